The lowest BCUT2D eigenvalue weighted by molar-refractivity contribution is 0.219. The van der Waals surface area contributed by atoms with E-state index < -0.39 is 0 Å². The van der Waals surface area contributed by atoms with E-state index in [9.17, 15) is 0 Å². The standard InChI is InChI=1S/C13H17ClN2O/c1-2-15-12(10-5-4-8-17-9-10)13-11(14)6-3-7-16-13/h3,6-7,9,12,15H,2,4-5,8H2,1H3. The Morgan fingerprint density at radius 2 is 2.47 bits per heavy atom. The molecule has 1 aliphatic rings. The van der Waals surface area contributed by atoms with E-state index in [0.717, 1.165) is 31.7 Å². The van der Waals surface area contributed by atoms with E-state index in [4.69, 9.17) is 16.3 Å². The summed E-state index contributed by atoms with van der Waals surface area (Å²) in [7, 11) is 0. The molecule has 1 aliphatic heterocycles. The predicted octanol–water partition coefficient (Wildman–Crippen LogP) is 3.08. The zero-order chi connectivity index (χ0) is 12.1. The average Bonchev–Trinajstić information content (AvgIpc) is 2.38. The Balaban J connectivity index is 2.28. The summed E-state index contributed by atoms with van der Waals surface area (Å²) in [5, 5.41) is 4.11. The first-order chi connectivity index (χ1) is 8.33. The minimum Gasteiger partial charge on any atom is -0.501 e. The first kappa shape index (κ1) is 12.4. The van der Waals surface area contributed by atoms with Gasteiger partial charge in [-0.3, -0.25) is 4.98 Å². The molecule has 0 saturated heterocycles. The van der Waals surface area contributed by atoms with Gasteiger partial charge in [0.2, 0.25) is 0 Å². The molecule has 0 bridgehead atoms. The van der Waals surface area contributed by atoms with Gasteiger partial charge in [0.25, 0.3) is 0 Å². The van der Waals surface area contributed by atoms with E-state index in [-0.39, 0.29) is 6.04 Å². The van der Waals surface area contributed by atoms with Gasteiger partial charge in [-0.25, -0.2) is 0 Å². The normalized spacial score (nSPS) is 17.2. The third-order valence-electron chi connectivity index (χ3n) is 2.80. The topological polar surface area (TPSA) is 34.1 Å². The fraction of sp³-hybridized carbons (Fsp3) is 0.462. The van der Waals surface area contributed by atoms with Crippen molar-refractivity contribution in [3.05, 3.63) is 40.9 Å². The first-order valence-corrected chi connectivity index (χ1v) is 6.35. The van der Waals surface area contributed by atoms with E-state index >= 15 is 0 Å². The highest BCUT2D eigenvalue weighted by Crippen LogP contribution is 2.30. The second-order valence-corrected chi connectivity index (χ2v) is 4.44. The highest BCUT2D eigenvalue weighted by molar-refractivity contribution is 6.31. The number of pyridine rings is 1. The number of hydrogen-bond acceptors (Lipinski definition) is 3. The third kappa shape index (κ3) is 2.99. The number of rotatable bonds is 4. The van der Waals surface area contributed by atoms with Gasteiger partial charge in [0.15, 0.2) is 0 Å². The predicted molar refractivity (Wildman–Crippen MR) is 68.9 cm³/mol. The molecule has 2 heterocycles. The molecule has 0 amide bonds. The summed E-state index contributed by atoms with van der Waals surface area (Å²) in [5.41, 5.74) is 2.10. The maximum Gasteiger partial charge on any atom is 0.0876 e. The van der Waals surface area contributed by atoms with Crippen molar-refractivity contribution in [2.45, 2.75) is 25.8 Å². The number of hydrogen-bond donors (Lipinski definition) is 1. The summed E-state index contributed by atoms with van der Waals surface area (Å²) in [5.74, 6) is 0. The van der Waals surface area contributed by atoms with Gasteiger partial charge in [0, 0.05) is 6.20 Å². The van der Waals surface area contributed by atoms with E-state index in [2.05, 4.69) is 17.2 Å². The van der Waals surface area contributed by atoms with Gasteiger partial charge >= 0.3 is 0 Å². The molecule has 0 fully saturated rings. The summed E-state index contributed by atoms with van der Waals surface area (Å²) in [6, 6.07) is 3.79. The molecular formula is C13H17ClN2O. The maximum atomic E-state index is 6.20. The van der Waals surface area contributed by atoms with Crippen molar-refractivity contribution in [3.8, 4) is 0 Å². The molecule has 0 aromatic carbocycles. The number of likely N-dealkylation sites (N-methyl/N-ethyl adjacent to an activating group) is 1. The Labute approximate surface area is 107 Å². The zero-order valence-electron chi connectivity index (χ0n) is 9.95. The van der Waals surface area contributed by atoms with Crippen LogP contribution in [0.3, 0.4) is 0 Å². The monoisotopic (exact) mass is 252 g/mol. The lowest BCUT2D eigenvalue weighted by Gasteiger charge is -2.24. The molecule has 1 aromatic heterocycles. The fourth-order valence-corrected chi connectivity index (χ4v) is 2.25. The minimum absolute atomic E-state index is 0.0639. The molecule has 2 rings (SSSR count). The average molecular weight is 253 g/mol. The number of nitrogens with one attached hydrogen (secondary N) is 1. The summed E-state index contributed by atoms with van der Waals surface area (Å²) in [6.07, 6.45) is 5.71. The third-order valence-corrected chi connectivity index (χ3v) is 3.12. The van der Waals surface area contributed by atoms with E-state index in [1.54, 1.807) is 6.20 Å². The molecule has 1 atom stereocenters. The van der Waals surface area contributed by atoms with Gasteiger partial charge in [-0.15, -0.1) is 0 Å². The smallest absolute Gasteiger partial charge is 0.0876 e. The molecule has 1 unspecified atom stereocenters. The van der Waals surface area contributed by atoms with Gasteiger partial charge in [-0.2, -0.15) is 0 Å². The summed E-state index contributed by atoms with van der Waals surface area (Å²) in [6.45, 7) is 3.75. The Morgan fingerprint density at radius 1 is 1.59 bits per heavy atom. The summed E-state index contributed by atoms with van der Waals surface area (Å²) < 4.78 is 5.40. The summed E-state index contributed by atoms with van der Waals surface area (Å²) >= 11 is 6.20. The second kappa shape index (κ2) is 6.03. The fourth-order valence-electron chi connectivity index (χ4n) is 2.01. The molecule has 4 heteroatoms. The van der Waals surface area contributed by atoms with Crippen LogP contribution in [0.2, 0.25) is 5.02 Å². The highest BCUT2D eigenvalue weighted by Gasteiger charge is 2.21. The molecule has 0 radical (unpaired) electrons. The number of nitrogens with zero attached hydrogens (tertiary/aromatic N) is 1. The zero-order valence-corrected chi connectivity index (χ0v) is 10.7. The van der Waals surface area contributed by atoms with Crippen LogP contribution in [0, 0.1) is 0 Å². The molecule has 92 valence electrons. The SMILES string of the molecule is CCNC(C1=COCCC1)c1ncccc1Cl. The van der Waals surface area contributed by atoms with Crippen molar-refractivity contribution in [1.82, 2.24) is 10.3 Å². The second-order valence-electron chi connectivity index (χ2n) is 4.03. The molecule has 1 N–H and O–H groups in total. The quantitative estimate of drug-likeness (QED) is 0.894. The van der Waals surface area contributed by atoms with Crippen LogP contribution in [0.4, 0.5) is 0 Å². The van der Waals surface area contributed by atoms with Crippen LogP contribution < -0.4 is 5.32 Å². The molecule has 1 aromatic rings. The number of aromatic nitrogens is 1. The van der Waals surface area contributed by atoms with Crippen molar-refractivity contribution in [3.63, 3.8) is 0 Å². The van der Waals surface area contributed by atoms with Crippen LogP contribution in [-0.4, -0.2) is 18.1 Å². The molecule has 0 saturated carbocycles. The molecular weight excluding hydrogens is 236 g/mol. The first-order valence-electron chi connectivity index (χ1n) is 5.97. The molecule has 17 heavy (non-hydrogen) atoms. The van der Waals surface area contributed by atoms with Crippen LogP contribution in [0.5, 0.6) is 0 Å². The molecule has 0 aliphatic carbocycles. The van der Waals surface area contributed by atoms with Gasteiger partial charge in [-0.05, 0) is 37.1 Å². The van der Waals surface area contributed by atoms with E-state index in [1.165, 1.54) is 5.57 Å². The lowest BCUT2D eigenvalue weighted by atomic mass is 9.98. The van der Waals surface area contributed by atoms with Gasteiger partial charge in [0.05, 0.1) is 29.6 Å². The minimum atomic E-state index is 0.0639. The van der Waals surface area contributed by atoms with Crippen LogP contribution in [0.1, 0.15) is 31.5 Å². The Kier molecular flexibility index (Phi) is 4.40. The van der Waals surface area contributed by atoms with Crippen molar-refractivity contribution < 1.29 is 4.74 Å². The van der Waals surface area contributed by atoms with Crippen molar-refractivity contribution in [1.29, 1.82) is 0 Å². The lowest BCUT2D eigenvalue weighted by Crippen LogP contribution is -2.25. The van der Waals surface area contributed by atoms with Gasteiger partial charge < -0.3 is 10.1 Å². The number of halogens is 1. The van der Waals surface area contributed by atoms with Gasteiger partial charge in [-0.1, -0.05) is 18.5 Å². The largest absolute Gasteiger partial charge is 0.501 e. The van der Waals surface area contributed by atoms with Crippen LogP contribution >= 0.6 is 11.6 Å². The molecule has 3 nitrogen and oxygen atoms in total. The van der Waals surface area contributed by atoms with Gasteiger partial charge in [0.1, 0.15) is 0 Å². The highest BCUT2D eigenvalue weighted by atomic mass is 35.5. The Bertz CT molecular complexity index is 406. The van der Waals surface area contributed by atoms with Crippen molar-refractivity contribution in [2.24, 2.45) is 0 Å². The Morgan fingerprint density at radius 3 is 3.12 bits per heavy atom. The van der Waals surface area contributed by atoms with Crippen LogP contribution in [0.15, 0.2) is 30.2 Å². The van der Waals surface area contributed by atoms with Crippen molar-refractivity contribution >= 4 is 11.6 Å². The van der Waals surface area contributed by atoms with Crippen molar-refractivity contribution in [2.75, 3.05) is 13.2 Å². The van der Waals surface area contributed by atoms with Crippen LogP contribution in [-0.2, 0) is 4.74 Å². The maximum absolute atomic E-state index is 6.20. The number of ether oxygens (including phenoxy) is 1. The van der Waals surface area contributed by atoms with E-state index in [1.807, 2.05) is 18.4 Å². The molecule has 0 spiro atoms. The Hall–Kier alpha value is -1.06. The van der Waals surface area contributed by atoms with E-state index in [0.29, 0.717) is 5.02 Å². The van der Waals surface area contributed by atoms with Crippen LogP contribution in [0.25, 0.3) is 0 Å². The summed E-state index contributed by atoms with van der Waals surface area (Å²) in [4.78, 5) is 4.38.